The molecule has 0 aliphatic carbocycles. The quantitative estimate of drug-likeness (QED) is 0.185. The standard InChI is InChI=1S/C39H33N/c1-4-11-31(12-5-1)13-10-14-32-19-25-37(26-20-32)40(38-27-21-35(22-28-38)33-15-6-2-7-16-33)39-29-23-36(24-30-39)34-17-8-3-9-18-34/h1-9,11-12,15-30H,10,13-14H2. The van der Waals surface area contributed by atoms with E-state index in [-0.39, 0.29) is 0 Å². The van der Waals surface area contributed by atoms with Gasteiger partial charge in [0.1, 0.15) is 0 Å². The van der Waals surface area contributed by atoms with E-state index >= 15 is 0 Å². The molecule has 0 saturated carbocycles. The molecule has 0 heterocycles. The van der Waals surface area contributed by atoms with Crippen LogP contribution in [0, 0.1) is 0 Å². The molecular formula is C39H33N. The molecule has 0 bridgehead atoms. The molecule has 0 aliphatic rings. The predicted octanol–water partition coefficient (Wildman–Crippen LogP) is 10.7. The van der Waals surface area contributed by atoms with Crippen molar-refractivity contribution in [3.05, 3.63) is 175 Å². The largest absolute Gasteiger partial charge is 0.311 e. The predicted molar refractivity (Wildman–Crippen MR) is 170 cm³/mol. The van der Waals surface area contributed by atoms with E-state index in [1.54, 1.807) is 0 Å². The number of rotatable bonds is 9. The Morgan fingerprint density at radius 3 is 1.05 bits per heavy atom. The van der Waals surface area contributed by atoms with Gasteiger partial charge in [-0.05, 0) is 89.0 Å². The summed E-state index contributed by atoms with van der Waals surface area (Å²) in [6.45, 7) is 0. The van der Waals surface area contributed by atoms with Gasteiger partial charge in [-0.15, -0.1) is 0 Å². The third-order valence-corrected chi connectivity index (χ3v) is 7.43. The van der Waals surface area contributed by atoms with Gasteiger partial charge >= 0.3 is 0 Å². The number of benzene rings is 6. The summed E-state index contributed by atoms with van der Waals surface area (Å²) >= 11 is 0. The zero-order valence-electron chi connectivity index (χ0n) is 22.7. The van der Waals surface area contributed by atoms with Gasteiger partial charge in [0.25, 0.3) is 0 Å². The Bertz CT molecular complexity index is 1520. The van der Waals surface area contributed by atoms with Gasteiger partial charge in [-0.1, -0.05) is 127 Å². The average molecular weight is 516 g/mol. The van der Waals surface area contributed by atoms with E-state index in [1.807, 2.05) is 0 Å². The molecular weight excluding hydrogens is 482 g/mol. The van der Waals surface area contributed by atoms with Crippen molar-refractivity contribution in [2.45, 2.75) is 19.3 Å². The van der Waals surface area contributed by atoms with Crippen molar-refractivity contribution in [1.29, 1.82) is 0 Å². The van der Waals surface area contributed by atoms with Gasteiger partial charge in [-0.3, -0.25) is 0 Å². The van der Waals surface area contributed by atoms with Gasteiger partial charge in [-0.25, -0.2) is 0 Å². The number of hydrogen-bond donors (Lipinski definition) is 0. The molecule has 6 rings (SSSR count). The van der Waals surface area contributed by atoms with Crippen LogP contribution in [-0.4, -0.2) is 0 Å². The van der Waals surface area contributed by atoms with Crippen LogP contribution >= 0.6 is 0 Å². The van der Waals surface area contributed by atoms with Gasteiger partial charge in [0.15, 0.2) is 0 Å². The topological polar surface area (TPSA) is 3.24 Å². The highest BCUT2D eigenvalue weighted by atomic mass is 15.1. The van der Waals surface area contributed by atoms with Crippen molar-refractivity contribution in [3.63, 3.8) is 0 Å². The first-order valence-electron chi connectivity index (χ1n) is 14.1. The molecule has 0 amide bonds. The molecule has 194 valence electrons. The maximum absolute atomic E-state index is 2.34. The maximum atomic E-state index is 2.34. The van der Waals surface area contributed by atoms with Crippen molar-refractivity contribution < 1.29 is 0 Å². The monoisotopic (exact) mass is 515 g/mol. The van der Waals surface area contributed by atoms with Crippen LogP contribution in [0.25, 0.3) is 22.3 Å². The maximum Gasteiger partial charge on any atom is 0.0462 e. The van der Waals surface area contributed by atoms with E-state index in [1.165, 1.54) is 33.4 Å². The summed E-state index contributed by atoms with van der Waals surface area (Å²) in [6, 6.07) is 58.7. The van der Waals surface area contributed by atoms with Crippen LogP contribution in [0.1, 0.15) is 17.5 Å². The minimum atomic E-state index is 1.08. The van der Waals surface area contributed by atoms with Crippen LogP contribution < -0.4 is 4.90 Å². The first kappa shape index (κ1) is 25.4. The average Bonchev–Trinajstić information content (AvgIpc) is 3.04. The van der Waals surface area contributed by atoms with E-state index in [4.69, 9.17) is 0 Å². The second-order valence-electron chi connectivity index (χ2n) is 10.2. The van der Waals surface area contributed by atoms with Gasteiger partial charge in [-0.2, -0.15) is 0 Å². The molecule has 1 heteroatoms. The Morgan fingerprint density at radius 2 is 0.625 bits per heavy atom. The third kappa shape index (κ3) is 6.06. The fourth-order valence-electron chi connectivity index (χ4n) is 5.27. The summed E-state index contributed by atoms with van der Waals surface area (Å²) in [4.78, 5) is 2.34. The molecule has 0 radical (unpaired) electrons. The summed E-state index contributed by atoms with van der Waals surface area (Å²) in [5, 5.41) is 0. The van der Waals surface area contributed by atoms with Crippen molar-refractivity contribution in [1.82, 2.24) is 0 Å². The molecule has 6 aromatic rings. The molecule has 0 unspecified atom stereocenters. The van der Waals surface area contributed by atoms with Gasteiger partial charge < -0.3 is 4.90 Å². The van der Waals surface area contributed by atoms with Crippen molar-refractivity contribution in [2.75, 3.05) is 4.90 Å². The molecule has 0 aromatic heterocycles. The fourth-order valence-corrected chi connectivity index (χ4v) is 5.27. The summed E-state index contributed by atoms with van der Waals surface area (Å²) < 4.78 is 0. The molecule has 0 fully saturated rings. The number of aryl methyl sites for hydroxylation is 2. The lowest BCUT2D eigenvalue weighted by Crippen LogP contribution is -2.10. The van der Waals surface area contributed by atoms with E-state index < -0.39 is 0 Å². The normalized spacial score (nSPS) is 10.8. The van der Waals surface area contributed by atoms with Crippen molar-refractivity contribution >= 4 is 17.1 Å². The Labute approximate surface area is 238 Å². The Balaban J connectivity index is 1.27. The molecule has 1 nitrogen and oxygen atoms in total. The highest BCUT2D eigenvalue weighted by molar-refractivity contribution is 5.79. The Kier molecular flexibility index (Phi) is 7.82. The number of nitrogens with zero attached hydrogens (tertiary/aromatic N) is 1. The highest BCUT2D eigenvalue weighted by Gasteiger charge is 2.13. The Morgan fingerprint density at radius 1 is 0.300 bits per heavy atom. The zero-order chi connectivity index (χ0) is 27.0. The van der Waals surface area contributed by atoms with Crippen LogP contribution in [0.5, 0.6) is 0 Å². The fraction of sp³-hybridized carbons (Fsp3) is 0.0769. The molecule has 40 heavy (non-hydrogen) atoms. The minimum absolute atomic E-state index is 1.08. The van der Waals surface area contributed by atoms with Crippen LogP contribution in [0.3, 0.4) is 0 Å². The first-order chi connectivity index (χ1) is 19.8. The molecule has 0 spiro atoms. The molecule has 6 aromatic carbocycles. The Hall–Kier alpha value is -4.88. The zero-order valence-corrected chi connectivity index (χ0v) is 22.7. The summed E-state index contributed by atoms with van der Waals surface area (Å²) in [5.74, 6) is 0. The second-order valence-corrected chi connectivity index (χ2v) is 10.2. The number of hydrogen-bond acceptors (Lipinski definition) is 1. The van der Waals surface area contributed by atoms with Gasteiger partial charge in [0.2, 0.25) is 0 Å². The smallest absolute Gasteiger partial charge is 0.0462 e. The van der Waals surface area contributed by atoms with Crippen LogP contribution in [0.15, 0.2) is 164 Å². The molecule has 0 N–H and O–H groups in total. The molecule has 0 atom stereocenters. The van der Waals surface area contributed by atoms with Crippen LogP contribution in [0.4, 0.5) is 17.1 Å². The lowest BCUT2D eigenvalue weighted by atomic mass is 10.0. The summed E-state index contributed by atoms with van der Waals surface area (Å²) in [6.07, 6.45) is 3.33. The number of anilines is 3. The lowest BCUT2D eigenvalue weighted by Gasteiger charge is -2.26. The van der Waals surface area contributed by atoms with Gasteiger partial charge in [0.05, 0.1) is 0 Å². The van der Waals surface area contributed by atoms with Crippen LogP contribution in [0.2, 0.25) is 0 Å². The first-order valence-corrected chi connectivity index (χ1v) is 14.1. The molecule has 0 aliphatic heterocycles. The highest BCUT2D eigenvalue weighted by Crippen LogP contribution is 2.36. The molecule has 0 saturated heterocycles. The van der Waals surface area contributed by atoms with E-state index in [0.717, 1.165) is 36.3 Å². The SMILES string of the molecule is c1ccc(CCCc2ccc(N(c3ccc(-c4ccccc4)cc3)c3ccc(-c4ccccc4)cc3)cc2)cc1. The van der Waals surface area contributed by atoms with Gasteiger partial charge in [0, 0.05) is 17.1 Å². The summed E-state index contributed by atoms with van der Waals surface area (Å²) in [5.41, 5.74) is 11.1. The van der Waals surface area contributed by atoms with E-state index in [2.05, 4.69) is 169 Å². The van der Waals surface area contributed by atoms with Crippen molar-refractivity contribution in [3.8, 4) is 22.3 Å². The van der Waals surface area contributed by atoms with E-state index in [0.29, 0.717) is 0 Å². The third-order valence-electron chi connectivity index (χ3n) is 7.43. The van der Waals surface area contributed by atoms with Crippen molar-refractivity contribution in [2.24, 2.45) is 0 Å². The van der Waals surface area contributed by atoms with E-state index in [9.17, 15) is 0 Å². The van der Waals surface area contributed by atoms with Crippen LogP contribution in [-0.2, 0) is 12.8 Å². The minimum Gasteiger partial charge on any atom is -0.311 e. The summed E-state index contributed by atoms with van der Waals surface area (Å²) in [7, 11) is 0. The lowest BCUT2D eigenvalue weighted by molar-refractivity contribution is 0.821. The second kappa shape index (κ2) is 12.3.